The van der Waals surface area contributed by atoms with Gasteiger partial charge in [0.2, 0.25) is 5.91 Å². The lowest BCUT2D eigenvalue weighted by atomic mass is 9.82. The number of thiazole rings is 1. The van der Waals surface area contributed by atoms with Crippen LogP contribution in [0.25, 0.3) is 6.08 Å². The standard InChI is InChI=1S/C25H38N2O4S/c1-14-7-6-8-21-22(31-21)12-20(16(3)11-19-13-32-18(5)26-19)27-23(28)10-9-15(2)25(30)17(4)24(14)29/h11,13-15,17,20-22,24,29H,6-10,12H2,1-5H3,(H,27,28)/b16-11+/t14-,15-,17+,20-,21+,22-,24?/m0/s1. The molecular weight excluding hydrogens is 424 g/mol. The summed E-state index contributed by atoms with van der Waals surface area (Å²) >= 11 is 1.61. The molecule has 2 N–H and O–H groups in total. The number of carbonyl (C=O) groups is 2. The Bertz CT molecular complexity index is 836. The van der Waals surface area contributed by atoms with E-state index in [0.29, 0.717) is 12.8 Å². The highest BCUT2D eigenvalue weighted by Crippen LogP contribution is 2.34. The average Bonchev–Trinajstić information content (AvgIpc) is 3.37. The Morgan fingerprint density at radius 2 is 1.97 bits per heavy atom. The molecule has 1 unspecified atom stereocenters. The number of carbonyl (C=O) groups excluding carboxylic acids is 2. The SMILES string of the molecule is C/C(=C\c1csc(C)n1)[C@@H]1C[C@@H]2O[C@@H]2CCC[C@H](C)C(O)[C@@H](C)C(=O)[C@@H](C)CCC(=O)N1. The molecule has 1 aromatic heterocycles. The molecule has 0 aliphatic carbocycles. The van der Waals surface area contributed by atoms with Gasteiger partial charge in [-0.2, -0.15) is 0 Å². The highest BCUT2D eigenvalue weighted by molar-refractivity contribution is 7.09. The van der Waals surface area contributed by atoms with E-state index in [1.807, 2.05) is 46.1 Å². The lowest BCUT2D eigenvalue weighted by molar-refractivity contribution is -0.131. The first kappa shape index (κ1) is 25.1. The predicted molar refractivity (Wildman–Crippen MR) is 127 cm³/mol. The number of hydrogen-bond donors (Lipinski definition) is 2. The zero-order chi connectivity index (χ0) is 23.4. The maximum absolute atomic E-state index is 12.8. The molecule has 2 fully saturated rings. The van der Waals surface area contributed by atoms with Gasteiger partial charge in [0.25, 0.3) is 0 Å². The first-order valence-corrected chi connectivity index (χ1v) is 12.8. The normalized spacial score (nSPS) is 35.8. The molecule has 0 radical (unpaired) electrons. The van der Waals surface area contributed by atoms with Gasteiger partial charge in [-0.25, -0.2) is 4.98 Å². The lowest BCUT2D eigenvalue weighted by Crippen LogP contribution is -2.38. The molecule has 0 bridgehead atoms. The van der Waals surface area contributed by atoms with Crippen LogP contribution < -0.4 is 5.32 Å². The summed E-state index contributed by atoms with van der Waals surface area (Å²) in [7, 11) is 0. The third-order valence-corrected chi connectivity index (χ3v) is 7.83. The van der Waals surface area contributed by atoms with Crippen LogP contribution in [0, 0.1) is 24.7 Å². The fraction of sp³-hybridized carbons (Fsp3) is 0.720. The van der Waals surface area contributed by atoms with Crippen LogP contribution in [0.4, 0.5) is 0 Å². The first-order chi connectivity index (χ1) is 15.2. The number of aryl methyl sites for hydroxylation is 1. The van der Waals surface area contributed by atoms with Crippen LogP contribution in [-0.2, 0) is 14.3 Å². The summed E-state index contributed by atoms with van der Waals surface area (Å²) in [5.41, 5.74) is 1.98. The summed E-state index contributed by atoms with van der Waals surface area (Å²) in [6.07, 6.45) is 6.05. The molecule has 2 saturated heterocycles. The largest absolute Gasteiger partial charge is 0.392 e. The van der Waals surface area contributed by atoms with Crippen molar-refractivity contribution in [1.29, 1.82) is 0 Å². The lowest BCUT2D eigenvalue weighted by Gasteiger charge is -2.26. The van der Waals surface area contributed by atoms with Crippen LogP contribution >= 0.6 is 11.3 Å². The quantitative estimate of drug-likeness (QED) is 0.640. The van der Waals surface area contributed by atoms with Gasteiger partial charge in [-0.1, -0.05) is 27.2 Å². The van der Waals surface area contributed by atoms with E-state index in [-0.39, 0.29) is 41.8 Å². The summed E-state index contributed by atoms with van der Waals surface area (Å²) in [5, 5.41) is 16.9. The van der Waals surface area contributed by atoms with Gasteiger partial charge in [0, 0.05) is 30.1 Å². The molecule has 0 aromatic carbocycles. The van der Waals surface area contributed by atoms with Gasteiger partial charge in [-0.15, -0.1) is 11.3 Å². The third kappa shape index (κ3) is 6.72. The summed E-state index contributed by atoms with van der Waals surface area (Å²) in [4.78, 5) is 30.1. The Morgan fingerprint density at radius 3 is 2.66 bits per heavy atom. The van der Waals surface area contributed by atoms with E-state index in [2.05, 4.69) is 10.3 Å². The van der Waals surface area contributed by atoms with Crippen LogP contribution in [0.1, 0.15) is 76.9 Å². The minimum absolute atomic E-state index is 0.0429. The van der Waals surface area contributed by atoms with Crippen LogP contribution in [0.2, 0.25) is 0 Å². The number of nitrogens with one attached hydrogen (secondary N) is 1. The average molecular weight is 463 g/mol. The van der Waals surface area contributed by atoms with E-state index in [1.54, 1.807) is 11.3 Å². The van der Waals surface area contributed by atoms with E-state index >= 15 is 0 Å². The van der Waals surface area contributed by atoms with Crippen molar-refractivity contribution in [3.63, 3.8) is 0 Å². The summed E-state index contributed by atoms with van der Waals surface area (Å²) < 4.78 is 5.92. The molecule has 1 amide bonds. The van der Waals surface area contributed by atoms with E-state index in [9.17, 15) is 14.7 Å². The number of amides is 1. The Balaban J connectivity index is 1.73. The van der Waals surface area contributed by atoms with Crippen molar-refractivity contribution in [3.8, 4) is 0 Å². The van der Waals surface area contributed by atoms with Crippen molar-refractivity contribution < 1.29 is 19.4 Å². The third-order valence-electron chi connectivity index (χ3n) is 7.04. The maximum Gasteiger partial charge on any atom is 0.220 e. The number of rotatable bonds is 2. The molecule has 32 heavy (non-hydrogen) atoms. The molecule has 3 rings (SSSR count). The zero-order valence-electron chi connectivity index (χ0n) is 20.0. The predicted octanol–water partition coefficient (Wildman–Crippen LogP) is 4.30. The number of ether oxygens (including phenoxy) is 1. The molecule has 7 heteroatoms. The maximum atomic E-state index is 12.8. The molecule has 7 atom stereocenters. The highest BCUT2D eigenvalue weighted by Gasteiger charge is 2.40. The molecule has 2 aliphatic heterocycles. The summed E-state index contributed by atoms with van der Waals surface area (Å²) in [6.45, 7) is 9.71. The molecule has 2 aliphatic rings. The van der Waals surface area contributed by atoms with Gasteiger partial charge in [-0.3, -0.25) is 9.59 Å². The summed E-state index contributed by atoms with van der Waals surface area (Å²) in [6, 6.07) is -0.113. The second kappa shape index (κ2) is 11.0. The number of aromatic nitrogens is 1. The minimum Gasteiger partial charge on any atom is -0.392 e. The number of nitrogens with zero attached hydrogens (tertiary/aromatic N) is 1. The van der Waals surface area contributed by atoms with Crippen molar-refractivity contribution in [3.05, 3.63) is 21.7 Å². The first-order valence-electron chi connectivity index (χ1n) is 11.9. The van der Waals surface area contributed by atoms with Gasteiger partial charge >= 0.3 is 0 Å². The van der Waals surface area contributed by atoms with Crippen LogP contribution in [0.15, 0.2) is 11.0 Å². The minimum atomic E-state index is -0.644. The molecule has 0 saturated carbocycles. The van der Waals surface area contributed by atoms with E-state index < -0.39 is 12.0 Å². The number of Topliss-reactive ketones (excluding diaryl/α,β-unsaturated/α-hetero) is 1. The van der Waals surface area contributed by atoms with Gasteiger partial charge in [0.15, 0.2) is 0 Å². The molecule has 6 nitrogen and oxygen atoms in total. The van der Waals surface area contributed by atoms with Crippen LogP contribution in [0.3, 0.4) is 0 Å². The topological polar surface area (TPSA) is 91.8 Å². The monoisotopic (exact) mass is 462 g/mol. The molecule has 3 heterocycles. The molecule has 178 valence electrons. The second-order valence-corrected chi connectivity index (χ2v) is 10.8. The zero-order valence-corrected chi connectivity index (χ0v) is 20.8. The Kier molecular flexibility index (Phi) is 8.64. The van der Waals surface area contributed by atoms with Crippen LogP contribution in [0.5, 0.6) is 0 Å². The Labute approximate surface area is 195 Å². The Morgan fingerprint density at radius 1 is 1.22 bits per heavy atom. The van der Waals surface area contributed by atoms with Crippen molar-refractivity contribution in [1.82, 2.24) is 10.3 Å². The van der Waals surface area contributed by atoms with Gasteiger partial charge < -0.3 is 15.2 Å². The number of aliphatic hydroxyl groups is 1. The Hall–Kier alpha value is -1.57. The number of ketones is 1. The fourth-order valence-corrected chi connectivity index (χ4v) is 5.26. The van der Waals surface area contributed by atoms with Gasteiger partial charge in [0.1, 0.15) is 5.78 Å². The van der Waals surface area contributed by atoms with Gasteiger partial charge in [0.05, 0.1) is 35.1 Å². The number of epoxide rings is 1. The van der Waals surface area contributed by atoms with E-state index in [4.69, 9.17) is 4.74 Å². The molecular formula is C25H38N2O4S. The van der Waals surface area contributed by atoms with Crippen molar-refractivity contribution in [2.75, 3.05) is 0 Å². The van der Waals surface area contributed by atoms with Gasteiger partial charge in [-0.05, 0) is 50.7 Å². The number of hydrogen-bond acceptors (Lipinski definition) is 6. The number of aliphatic hydroxyl groups excluding tert-OH is 1. The molecule has 0 spiro atoms. The number of fused-ring (bicyclic) bond motifs is 1. The van der Waals surface area contributed by atoms with Crippen molar-refractivity contribution in [2.24, 2.45) is 17.8 Å². The van der Waals surface area contributed by atoms with Crippen LogP contribution in [-0.4, -0.2) is 46.1 Å². The van der Waals surface area contributed by atoms with Crippen molar-refractivity contribution in [2.45, 2.75) is 97.5 Å². The van der Waals surface area contributed by atoms with Crippen molar-refractivity contribution >= 4 is 29.1 Å². The summed E-state index contributed by atoms with van der Waals surface area (Å²) in [5.74, 6) is -0.617. The van der Waals surface area contributed by atoms with E-state index in [1.165, 1.54) is 0 Å². The second-order valence-electron chi connectivity index (χ2n) is 9.78. The molecule has 1 aromatic rings. The fourth-order valence-electron chi connectivity index (χ4n) is 4.69. The van der Waals surface area contributed by atoms with E-state index in [0.717, 1.165) is 42.0 Å². The smallest absolute Gasteiger partial charge is 0.220 e. The highest BCUT2D eigenvalue weighted by atomic mass is 32.1.